The van der Waals surface area contributed by atoms with Crippen LogP contribution in [0.25, 0.3) is 15.8 Å². The van der Waals surface area contributed by atoms with Crippen LogP contribution in [0.4, 0.5) is 5.69 Å². The molecule has 0 aliphatic heterocycles. The average Bonchev–Trinajstić information content (AvgIpc) is 3.05. The molecule has 0 atom stereocenters. The number of hydrogen-bond acceptors (Lipinski definition) is 3. The number of rotatable bonds is 5. The smallest absolute Gasteiger partial charge is 0.255 e. The van der Waals surface area contributed by atoms with E-state index >= 15 is 0 Å². The summed E-state index contributed by atoms with van der Waals surface area (Å²) in [6.07, 6.45) is 7.53. The molecule has 0 bridgehead atoms. The largest absolute Gasteiger partial charge is 0.321 e. The summed E-state index contributed by atoms with van der Waals surface area (Å²) < 4.78 is 1.01. The lowest BCUT2D eigenvalue weighted by atomic mass is 10.0. The number of carbonyl (C=O) groups is 1. The minimum Gasteiger partial charge on any atom is -0.321 e. The molecular formula is C22H19ClN2OS. The summed E-state index contributed by atoms with van der Waals surface area (Å²) >= 11 is 8.00. The molecule has 0 unspecified atom stereocenters. The van der Waals surface area contributed by atoms with Gasteiger partial charge in [0.15, 0.2) is 0 Å². The third kappa shape index (κ3) is 4.35. The SMILES string of the molecule is C=C/C=C\C=C(/C)c1ccc(C(=O)Nc2ccc3sc(C)nc3c2Cl)cc1. The van der Waals surface area contributed by atoms with Gasteiger partial charge in [0.05, 0.1) is 20.4 Å². The molecule has 1 aromatic heterocycles. The molecule has 0 radical (unpaired) electrons. The van der Waals surface area contributed by atoms with Gasteiger partial charge < -0.3 is 5.32 Å². The van der Waals surface area contributed by atoms with Crippen molar-refractivity contribution in [2.24, 2.45) is 0 Å². The monoisotopic (exact) mass is 394 g/mol. The first-order valence-corrected chi connectivity index (χ1v) is 9.62. The summed E-state index contributed by atoms with van der Waals surface area (Å²) in [7, 11) is 0. The van der Waals surface area contributed by atoms with E-state index in [2.05, 4.69) is 16.9 Å². The number of allylic oxidation sites excluding steroid dienone is 5. The van der Waals surface area contributed by atoms with E-state index in [0.29, 0.717) is 16.3 Å². The Labute approximate surface area is 167 Å². The predicted molar refractivity (Wildman–Crippen MR) is 117 cm³/mol. The van der Waals surface area contributed by atoms with Crippen LogP contribution in [-0.4, -0.2) is 10.9 Å². The van der Waals surface area contributed by atoms with Crippen molar-refractivity contribution in [3.8, 4) is 0 Å². The number of benzene rings is 2. The number of carbonyl (C=O) groups excluding carboxylic acids is 1. The minimum absolute atomic E-state index is 0.206. The van der Waals surface area contributed by atoms with Crippen LogP contribution >= 0.6 is 22.9 Å². The van der Waals surface area contributed by atoms with Gasteiger partial charge in [0.1, 0.15) is 5.52 Å². The van der Waals surface area contributed by atoms with Crippen LogP contribution in [0.1, 0.15) is 27.9 Å². The van der Waals surface area contributed by atoms with Crippen molar-refractivity contribution in [2.45, 2.75) is 13.8 Å². The molecule has 3 nitrogen and oxygen atoms in total. The van der Waals surface area contributed by atoms with Gasteiger partial charge in [-0.25, -0.2) is 4.98 Å². The zero-order valence-corrected chi connectivity index (χ0v) is 16.7. The highest BCUT2D eigenvalue weighted by molar-refractivity contribution is 7.18. The summed E-state index contributed by atoms with van der Waals surface area (Å²) in [5.74, 6) is -0.206. The summed E-state index contributed by atoms with van der Waals surface area (Å²) in [5, 5.41) is 4.28. The van der Waals surface area contributed by atoms with E-state index in [1.54, 1.807) is 29.5 Å². The molecule has 2 aromatic carbocycles. The van der Waals surface area contributed by atoms with Crippen molar-refractivity contribution in [1.82, 2.24) is 4.98 Å². The maximum absolute atomic E-state index is 12.6. The van der Waals surface area contributed by atoms with Crippen LogP contribution in [0, 0.1) is 6.92 Å². The topological polar surface area (TPSA) is 42.0 Å². The molecule has 0 aliphatic carbocycles. The van der Waals surface area contributed by atoms with Crippen molar-refractivity contribution >= 4 is 50.3 Å². The highest BCUT2D eigenvalue weighted by atomic mass is 35.5. The number of aryl methyl sites for hydroxylation is 1. The van der Waals surface area contributed by atoms with E-state index in [1.165, 1.54) is 0 Å². The Morgan fingerprint density at radius 2 is 1.85 bits per heavy atom. The average molecular weight is 395 g/mol. The second-order valence-electron chi connectivity index (χ2n) is 6.01. The van der Waals surface area contributed by atoms with Crippen LogP contribution in [0.2, 0.25) is 5.02 Å². The number of thiazole rings is 1. The number of nitrogens with one attached hydrogen (secondary N) is 1. The van der Waals surface area contributed by atoms with Gasteiger partial charge in [-0.15, -0.1) is 11.3 Å². The fourth-order valence-corrected chi connectivity index (χ4v) is 3.77. The van der Waals surface area contributed by atoms with Gasteiger partial charge in [0, 0.05) is 5.56 Å². The first-order valence-electron chi connectivity index (χ1n) is 8.43. The van der Waals surface area contributed by atoms with Crippen LogP contribution in [0.3, 0.4) is 0 Å². The molecule has 27 heavy (non-hydrogen) atoms. The first kappa shape index (κ1) is 19.1. The van der Waals surface area contributed by atoms with E-state index in [4.69, 9.17) is 11.6 Å². The predicted octanol–water partition coefficient (Wildman–Crippen LogP) is 6.66. The third-order valence-corrected chi connectivity index (χ3v) is 5.37. The second kappa shape index (κ2) is 8.33. The number of halogens is 1. The summed E-state index contributed by atoms with van der Waals surface area (Å²) in [4.78, 5) is 17.0. The quantitative estimate of drug-likeness (QED) is 0.492. The number of fused-ring (bicyclic) bond motifs is 1. The molecule has 1 N–H and O–H groups in total. The molecule has 0 spiro atoms. The fourth-order valence-electron chi connectivity index (χ4n) is 2.62. The maximum Gasteiger partial charge on any atom is 0.255 e. The van der Waals surface area contributed by atoms with Crippen LogP contribution < -0.4 is 5.32 Å². The van der Waals surface area contributed by atoms with Crippen molar-refractivity contribution < 1.29 is 4.79 Å². The first-order chi connectivity index (χ1) is 13.0. The van der Waals surface area contributed by atoms with E-state index < -0.39 is 0 Å². The Morgan fingerprint density at radius 1 is 1.15 bits per heavy atom. The minimum atomic E-state index is -0.206. The molecule has 136 valence electrons. The van der Waals surface area contributed by atoms with Gasteiger partial charge in [0.25, 0.3) is 5.91 Å². The van der Waals surface area contributed by atoms with Crippen molar-refractivity contribution in [1.29, 1.82) is 0 Å². The van der Waals surface area contributed by atoms with Crippen LogP contribution in [0.15, 0.2) is 67.3 Å². The van der Waals surface area contributed by atoms with E-state index in [-0.39, 0.29) is 5.91 Å². The molecule has 3 aromatic rings. The van der Waals surface area contributed by atoms with E-state index in [0.717, 1.165) is 26.4 Å². The Kier molecular flexibility index (Phi) is 5.89. The zero-order valence-electron chi connectivity index (χ0n) is 15.1. The number of nitrogens with zero attached hydrogens (tertiary/aromatic N) is 1. The molecule has 0 saturated carbocycles. The number of amides is 1. The molecule has 5 heteroatoms. The van der Waals surface area contributed by atoms with E-state index in [9.17, 15) is 4.79 Å². The summed E-state index contributed by atoms with van der Waals surface area (Å²) in [5.41, 5.74) is 4.01. The number of hydrogen-bond donors (Lipinski definition) is 1. The summed E-state index contributed by atoms with van der Waals surface area (Å²) in [6.45, 7) is 7.60. The molecular weight excluding hydrogens is 376 g/mol. The Balaban J connectivity index is 1.78. The lowest BCUT2D eigenvalue weighted by Gasteiger charge is -2.08. The molecule has 1 heterocycles. The van der Waals surface area contributed by atoms with Crippen LogP contribution in [0.5, 0.6) is 0 Å². The second-order valence-corrected chi connectivity index (χ2v) is 7.62. The maximum atomic E-state index is 12.6. The van der Waals surface area contributed by atoms with Gasteiger partial charge >= 0.3 is 0 Å². The number of anilines is 1. The van der Waals surface area contributed by atoms with Crippen molar-refractivity contribution in [3.63, 3.8) is 0 Å². The fraction of sp³-hybridized carbons (Fsp3) is 0.0909. The van der Waals surface area contributed by atoms with Gasteiger partial charge in [-0.1, -0.05) is 54.6 Å². The molecule has 0 fully saturated rings. The Hall–Kier alpha value is -2.69. The molecule has 3 rings (SSSR count). The van der Waals surface area contributed by atoms with E-state index in [1.807, 2.05) is 56.3 Å². The molecule has 1 amide bonds. The van der Waals surface area contributed by atoms with Gasteiger partial charge in [-0.05, 0) is 49.2 Å². The zero-order chi connectivity index (χ0) is 19.4. The van der Waals surface area contributed by atoms with Gasteiger partial charge in [-0.2, -0.15) is 0 Å². The number of aromatic nitrogens is 1. The lowest BCUT2D eigenvalue weighted by Crippen LogP contribution is -2.12. The van der Waals surface area contributed by atoms with Crippen molar-refractivity contribution in [3.05, 3.63) is 88.4 Å². The van der Waals surface area contributed by atoms with Crippen molar-refractivity contribution in [2.75, 3.05) is 5.32 Å². The highest BCUT2D eigenvalue weighted by Crippen LogP contribution is 2.33. The lowest BCUT2D eigenvalue weighted by molar-refractivity contribution is 0.102. The van der Waals surface area contributed by atoms with Crippen LogP contribution in [-0.2, 0) is 0 Å². The Bertz CT molecular complexity index is 1060. The molecule has 0 saturated heterocycles. The Morgan fingerprint density at radius 3 is 2.56 bits per heavy atom. The highest BCUT2D eigenvalue weighted by Gasteiger charge is 2.13. The van der Waals surface area contributed by atoms with Gasteiger partial charge in [-0.3, -0.25) is 4.79 Å². The molecule has 0 aliphatic rings. The van der Waals surface area contributed by atoms with Gasteiger partial charge in [0.2, 0.25) is 0 Å². The normalized spacial score (nSPS) is 11.9. The standard InChI is InChI=1S/C22H19ClN2OS/c1-4-5-6-7-14(2)16-8-10-17(11-9-16)22(26)25-18-12-13-19-21(20(18)23)24-15(3)27-19/h4-13H,1H2,2-3H3,(H,25,26)/b6-5-,14-7+. The third-order valence-electron chi connectivity index (χ3n) is 4.05. The summed E-state index contributed by atoms with van der Waals surface area (Å²) in [6, 6.07) is 11.2.